The number of furan rings is 1. The molecule has 1 amide bonds. The van der Waals surface area contributed by atoms with E-state index in [0.29, 0.717) is 44.0 Å². The van der Waals surface area contributed by atoms with Gasteiger partial charge in [-0.25, -0.2) is 0 Å². The number of rotatable bonds is 6. The lowest BCUT2D eigenvalue weighted by Crippen LogP contribution is -2.42. The van der Waals surface area contributed by atoms with Crippen LogP contribution >= 0.6 is 0 Å². The number of carbonyl (C=O) groups is 1. The number of fused-ring (bicyclic) bond motifs is 1. The zero-order valence-corrected chi connectivity index (χ0v) is 17.8. The third-order valence-electron chi connectivity index (χ3n) is 5.97. The van der Waals surface area contributed by atoms with Gasteiger partial charge in [0.2, 0.25) is 0 Å². The van der Waals surface area contributed by atoms with Gasteiger partial charge in [-0.1, -0.05) is 13.8 Å². The Morgan fingerprint density at radius 2 is 2.14 bits per heavy atom. The van der Waals surface area contributed by atoms with Crippen LogP contribution in [0.5, 0.6) is 0 Å². The second-order valence-electron chi connectivity index (χ2n) is 8.65. The zero-order valence-electron chi connectivity index (χ0n) is 17.8. The predicted molar refractivity (Wildman–Crippen MR) is 110 cm³/mol. The van der Waals surface area contributed by atoms with Gasteiger partial charge in [-0.15, -0.1) is 0 Å². The van der Waals surface area contributed by atoms with Crippen LogP contribution in [0.25, 0.3) is 0 Å². The largest absolute Gasteiger partial charge is 0.468 e. The molecule has 1 aliphatic carbocycles. The maximum absolute atomic E-state index is 13.3. The van der Waals surface area contributed by atoms with Gasteiger partial charge in [0.25, 0.3) is 5.91 Å². The van der Waals surface area contributed by atoms with Crippen molar-refractivity contribution in [1.29, 1.82) is 0 Å². The molecule has 7 heteroatoms. The molecule has 4 rings (SSSR count). The third-order valence-corrected chi connectivity index (χ3v) is 5.97. The maximum Gasteiger partial charge on any atom is 0.274 e. The van der Waals surface area contributed by atoms with Crippen LogP contribution in [0, 0.1) is 5.92 Å². The monoisotopic (exact) mass is 400 g/mol. The number of carbonyl (C=O) groups excluding carboxylic acids is 1. The molecular formula is C22H32N4O3. The number of amides is 1. The van der Waals surface area contributed by atoms with E-state index in [0.717, 1.165) is 43.7 Å². The minimum absolute atomic E-state index is 0.0568. The standard InChI is InChI=1S/C22H32N4O3/c1-16(2)14-26-20-7-6-17(24(3)15-18-5-4-10-29-18)13-19(20)21(23-26)22(27)25-8-11-28-12-9-25/h4-5,10,16-17H,6-9,11-15H2,1-3H3/t17-/m1/s1. The van der Waals surface area contributed by atoms with Gasteiger partial charge in [-0.3, -0.25) is 14.4 Å². The van der Waals surface area contributed by atoms with Crippen molar-refractivity contribution in [3.05, 3.63) is 41.1 Å². The van der Waals surface area contributed by atoms with E-state index in [9.17, 15) is 4.79 Å². The molecule has 0 radical (unpaired) electrons. The number of aromatic nitrogens is 2. The number of nitrogens with zero attached hydrogens (tertiary/aromatic N) is 4. The first kappa shape index (κ1) is 20.2. The van der Waals surface area contributed by atoms with Crippen LogP contribution < -0.4 is 0 Å². The molecule has 0 aromatic carbocycles. The Labute approximate surface area is 172 Å². The maximum atomic E-state index is 13.3. The molecule has 7 nitrogen and oxygen atoms in total. The SMILES string of the molecule is CC(C)Cn1nc(C(=O)N2CCOCC2)c2c1CC[C@@H](N(C)Cc1ccco1)C2. The summed E-state index contributed by atoms with van der Waals surface area (Å²) in [6, 6.07) is 4.32. The van der Waals surface area contributed by atoms with Crippen molar-refractivity contribution in [2.75, 3.05) is 33.4 Å². The van der Waals surface area contributed by atoms with E-state index in [1.54, 1.807) is 6.26 Å². The van der Waals surface area contributed by atoms with Crippen LogP contribution in [0.2, 0.25) is 0 Å². The highest BCUT2D eigenvalue weighted by molar-refractivity contribution is 5.94. The number of hydrogen-bond donors (Lipinski definition) is 0. The fourth-order valence-electron chi connectivity index (χ4n) is 4.41. The molecule has 1 atom stereocenters. The lowest BCUT2D eigenvalue weighted by molar-refractivity contribution is 0.0297. The quantitative estimate of drug-likeness (QED) is 0.746. The van der Waals surface area contributed by atoms with E-state index in [2.05, 4.69) is 30.5 Å². The molecular weight excluding hydrogens is 368 g/mol. The van der Waals surface area contributed by atoms with Crippen molar-refractivity contribution in [2.24, 2.45) is 5.92 Å². The Morgan fingerprint density at radius 1 is 1.34 bits per heavy atom. The van der Waals surface area contributed by atoms with Gasteiger partial charge in [0, 0.05) is 36.9 Å². The number of hydrogen-bond acceptors (Lipinski definition) is 5. The minimum atomic E-state index is 0.0568. The van der Waals surface area contributed by atoms with Crippen molar-refractivity contribution in [3.63, 3.8) is 0 Å². The second-order valence-corrected chi connectivity index (χ2v) is 8.65. The highest BCUT2D eigenvalue weighted by Gasteiger charge is 2.33. The van der Waals surface area contributed by atoms with Gasteiger partial charge in [0.05, 0.1) is 26.0 Å². The van der Waals surface area contributed by atoms with Crippen molar-refractivity contribution in [2.45, 2.75) is 52.2 Å². The summed E-state index contributed by atoms with van der Waals surface area (Å²) in [6.07, 6.45) is 4.60. The Morgan fingerprint density at radius 3 is 2.83 bits per heavy atom. The highest BCUT2D eigenvalue weighted by Crippen LogP contribution is 2.29. The number of morpholine rings is 1. The van der Waals surface area contributed by atoms with Crippen molar-refractivity contribution < 1.29 is 13.9 Å². The van der Waals surface area contributed by atoms with Crippen molar-refractivity contribution in [1.82, 2.24) is 19.6 Å². The van der Waals surface area contributed by atoms with Gasteiger partial charge in [-0.05, 0) is 44.4 Å². The summed E-state index contributed by atoms with van der Waals surface area (Å²) in [6.45, 7) is 8.52. The summed E-state index contributed by atoms with van der Waals surface area (Å²) in [5.41, 5.74) is 3.04. The van der Waals surface area contributed by atoms with Gasteiger partial charge in [0.1, 0.15) is 5.76 Å². The second kappa shape index (κ2) is 8.71. The molecule has 0 spiro atoms. The molecule has 0 unspecified atom stereocenters. The zero-order chi connectivity index (χ0) is 20.4. The summed E-state index contributed by atoms with van der Waals surface area (Å²) in [5.74, 6) is 1.52. The number of ether oxygens (including phenoxy) is 1. The van der Waals surface area contributed by atoms with Crippen LogP contribution in [0.15, 0.2) is 22.8 Å². The third kappa shape index (κ3) is 4.41. The molecule has 158 valence electrons. The molecule has 2 aromatic rings. The molecule has 2 aliphatic rings. The van der Waals surface area contributed by atoms with Crippen LogP contribution in [0.4, 0.5) is 0 Å². The summed E-state index contributed by atoms with van der Waals surface area (Å²) in [4.78, 5) is 17.5. The van der Waals surface area contributed by atoms with Gasteiger partial charge in [0.15, 0.2) is 5.69 Å². The van der Waals surface area contributed by atoms with Crippen LogP contribution in [-0.4, -0.2) is 64.9 Å². The Balaban J connectivity index is 1.58. The lowest BCUT2D eigenvalue weighted by atomic mass is 9.90. The van der Waals surface area contributed by atoms with Gasteiger partial charge >= 0.3 is 0 Å². The Hall–Kier alpha value is -2.12. The average molecular weight is 401 g/mol. The molecule has 0 saturated carbocycles. The summed E-state index contributed by atoms with van der Waals surface area (Å²) in [5, 5.41) is 4.82. The van der Waals surface area contributed by atoms with Gasteiger partial charge < -0.3 is 14.1 Å². The van der Waals surface area contributed by atoms with E-state index in [4.69, 9.17) is 14.3 Å². The Bertz CT molecular complexity index is 821. The first-order valence-corrected chi connectivity index (χ1v) is 10.7. The highest BCUT2D eigenvalue weighted by atomic mass is 16.5. The van der Waals surface area contributed by atoms with E-state index >= 15 is 0 Å². The van der Waals surface area contributed by atoms with Crippen LogP contribution in [0.1, 0.15) is 47.8 Å². The molecule has 0 bridgehead atoms. The van der Waals surface area contributed by atoms with Crippen molar-refractivity contribution in [3.8, 4) is 0 Å². The molecule has 3 heterocycles. The minimum Gasteiger partial charge on any atom is -0.468 e. The molecule has 29 heavy (non-hydrogen) atoms. The number of likely N-dealkylation sites (N-methyl/N-ethyl adjacent to an activating group) is 1. The van der Waals surface area contributed by atoms with E-state index in [1.165, 1.54) is 5.69 Å². The topological polar surface area (TPSA) is 63.7 Å². The molecule has 0 N–H and O–H groups in total. The molecule has 1 fully saturated rings. The van der Waals surface area contributed by atoms with E-state index in [1.807, 2.05) is 17.0 Å². The van der Waals surface area contributed by atoms with Crippen molar-refractivity contribution >= 4 is 5.91 Å². The predicted octanol–water partition coefficient (Wildman–Crippen LogP) is 2.59. The lowest BCUT2D eigenvalue weighted by Gasteiger charge is -2.32. The van der Waals surface area contributed by atoms with Crippen LogP contribution in [0.3, 0.4) is 0 Å². The fourth-order valence-corrected chi connectivity index (χ4v) is 4.41. The van der Waals surface area contributed by atoms with Crippen LogP contribution in [-0.2, 0) is 30.7 Å². The summed E-state index contributed by atoms with van der Waals surface area (Å²) < 4.78 is 13.0. The summed E-state index contributed by atoms with van der Waals surface area (Å²) in [7, 11) is 2.14. The molecule has 2 aromatic heterocycles. The smallest absolute Gasteiger partial charge is 0.274 e. The van der Waals surface area contributed by atoms with Gasteiger partial charge in [-0.2, -0.15) is 5.10 Å². The average Bonchev–Trinajstić information content (AvgIpc) is 3.35. The fraction of sp³-hybridized carbons (Fsp3) is 0.636. The Kier molecular flexibility index (Phi) is 6.06. The first-order valence-electron chi connectivity index (χ1n) is 10.7. The molecule has 1 saturated heterocycles. The van der Waals surface area contributed by atoms with E-state index in [-0.39, 0.29) is 5.91 Å². The normalized spacial score (nSPS) is 19.8. The summed E-state index contributed by atoms with van der Waals surface area (Å²) >= 11 is 0. The first-order chi connectivity index (χ1) is 14.0. The van der Waals surface area contributed by atoms with E-state index < -0.39 is 0 Å². The molecule has 1 aliphatic heterocycles.